The van der Waals surface area contributed by atoms with Crippen molar-refractivity contribution in [3.63, 3.8) is 0 Å². The van der Waals surface area contributed by atoms with Gasteiger partial charge in [-0.2, -0.15) is 9.31 Å². The van der Waals surface area contributed by atoms with Crippen molar-refractivity contribution in [3.05, 3.63) is 0 Å². The lowest BCUT2D eigenvalue weighted by Crippen LogP contribution is -2.07. The van der Waals surface area contributed by atoms with Crippen LogP contribution in [0.2, 0.25) is 0 Å². The average molecular weight is 238 g/mol. The first kappa shape index (κ1) is 11.8. The molecule has 1 rings (SSSR count). The molecule has 0 spiro atoms. The number of hydrogen-bond acceptors (Lipinski definition) is 4. The highest BCUT2D eigenvalue weighted by atomic mass is 32.3. The Balaban J connectivity index is 2.63. The molecule has 1 aliphatic rings. The number of hydrogen-bond donors (Lipinski definition) is 0. The molecule has 1 fully saturated rings. The summed E-state index contributed by atoms with van der Waals surface area (Å²) in [5.74, 6) is 7.74. The quantitative estimate of drug-likeness (QED) is 0.550. The van der Waals surface area contributed by atoms with Gasteiger partial charge in [-0.1, -0.05) is 16.4 Å². The van der Waals surface area contributed by atoms with E-state index in [1.54, 1.807) is 0 Å². The molecule has 0 aromatic heterocycles. The van der Waals surface area contributed by atoms with E-state index in [4.69, 9.17) is 8.37 Å². The highest BCUT2D eigenvalue weighted by molar-refractivity contribution is 8.54. The van der Waals surface area contributed by atoms with Crippen LogP contribution in [0.25, 0.3) is 0 Å². The van der Waals surface area contributed by atoms with Gasteiger partial charge in [0.2, 0.25) is 5.12 Å². The Bertz CT molecular complexity index is 375. The SMILES string of the molecule is C=S(COS1(=C)(C(C)=O)CO1)C(C)=O. The highest BCUT2D eigenvalue weighted by Gasteiger charge is 2.46. The minimum absolute atomic E-state index is 0.0447. The first-order valence-corrected chi connectivity index (χ1v) is 7.67. The Kier molecular flexibility index (Phi) is 2.84. The maximum Gasteiger partial charge on any atom is 0.226 e. The van der Waals surface area contributed by atoms with Crippen LogP contribution in [-0.2, 0) is 18.0 Å². The Morgan fingerprint density at radius 1 is 1.57 bits per heavy atom. The highest BCUT2D eigenvalue weighted by Crippen LogP contribution is 2.73. The summed E-state index contributed by atoms with van der Waals surface area (Å²) >= 11 is 0. The van der Waals surface area contributed by atoms with Gasteiger partial charge in [0.05, 0.1) is 0 Å². The van der Waals surface area contributed by atoms with Crippen molar-refractivity contribution < 1.29 is 18.0 Å². The molecule has 1 aliphatic heterocycles. The van der Waals surface area contributed by atoms with E-state index < -0.39 is 19.8 Å². The third kappa shape index (κ3) is 2.03. The van der Waals surface area contributed by atoms with Gasteiger partial charge < -0.3 is 0 Å². The second-order valence-corrected chi connectivity index (χ2v) is 8.62. The van der Waals surface area contributed by atoms with Crippen molar-refractivity contribution in [1.29, 1.82) is 0 Å². The first-order chi connectivity index (χ1) is 6.28. The zero-order chi connectivity index (χ0) is 11.0. The number of rotatable bonds is 3. The first-order valence-electron chi connectivity index (χ1n) is 3.88. The van der Waals surface area contributed by atoms with Gasteiger partial charge in [-0.15, -0.1) is 0 Å². The zero-order valence-electron chi connectivity index (χ0n) is 8.28. The molecule has 1 unspecified atom stereocenters. The molecule has 4 nitrogen and oxygen atoms in total. The molecule has 6 heteroatoms. The van der Waals surface area contributed by atoms with Crippen LogP contribution in [0, 0.1) is 0 Å². The topological polar surface area (TPSA) is 55.9 Å². The summed E-state index contributed by atoms with van der Waals surface area (Å²) in [6.45, 7) is 2.85. The summed E-state index contributed by atoms with van der Waals surface area (Å²) in [4.78, 5) is 22.2. The summed E-state index contributed by atoms with van der Waals surface area (Å²) in [6, 6.07) is 0. The van der Waals surface area contributed by atoms with Crippen molar-refractivity contribution in [1.82, 2.24) is 0 Å². The van der Waals surface area contributed by atoms with E-state index in [1.165, 1.54) is 13.8 Å². The molecule has 0 aliphatic carbocycles. The van der Waals surface area contributed by atoms with Gasteiger partial charge in [-0.3, -0.25) is 18.0 Å². The Morgan fingerprint density at radius 3 is 2.36 bits per heavy atom. The van der Waals surface area contributed by atoms with Crippen LogP contribution >= 0.6 is 19.8 Å². The zero-order valence-corrected chi connectivity index (χ0v) is 9.91. The lowest BCUT2D eigenvalue weighted by molar-refractivity contribution is -0.110. The Labute approximate surface area is 85.8 Å². The molecule has 0 radical (unpaired) electrons. The summed E-state index contributed by atoms with van der Waals surface area (Å²) in [7, 11) is -3.66. The van der Waals surface area contributed by atoms with Crippen molar-refractivity contribution in [2.75, 3.05) is 11.9 Å². The fourth-order valence-corrected chi connectivity index (χ4v) is 3.43. The molecule has 0 aromatic rings. The van der Waals surface area contributed by atoms with Crippen molar-refractivity contribution in [3.8, 4) is 0 Å². The van der Waals surface area contributed by atoms with Gasteiger partial charge in [0.25, 0.3) is 0 Å². The molecule has 1 saturated heterocycles. The van der Waals surface area contributed by atoms with E-state index in [0.29, 0.717) is 0 Å². The van der Waals surface area contributed by atoms with Crippen LogP contribution in [0.5, 0.6) is 0 Å². The molecule has 82 valence electrons. The number of carbonyl (C=O) groups is 2. The third-order valence-corrected chi connectivity index (χ3v) is 6.32. The molecule has 14 heavy (non-hydrogen) atoms. The van der Waals surface area contributed by atoms with E-state index >= 15 is 0 Å². The van der Waals surface area contributed by atoms with Gasteiger partial charge >= 0.3 is 0 Å². The van der Waals surface area contributed by atoms with Gasteiger partial charge in [-0.05, 0) is 5.87 Å². The summed E-state index contributed by atoms with van der Waals surface area (Å²) in [5, 5.41) is -0.223. The second kappa shape index (κ2) is 3.37. The summed E-state index contributed by atoms with van der Waals surface area (Å²) < 4.78 is 10.4. The minimum atomic E-state index is -2.93. The predicted octanol–water partition coefficient (Wildman–Crippen LogP) is 1.34. The van der Waals surface area contributed by atoms with Crippen LogP contribution in [0.15, 0.2) is 0 Å². The van der Waals surface area contributed by atoms with Crippen molar-refractivity contribution in [2.24, 2.45) is 0 Å². The molecular formula is C8H14O4S2. The van der Waals surface area contributed by atoms with Gasteiger partial charge in [0.15, 0.2) is 11.1 Å². The average Bonchev–Trinajstić information content (AvgIpc) is 2.78. The van der Waals surface area contributed by atoms with Gasteiger partial charge in [0.1, 0.15) is 5.94 Å². The molecule has 0 N–H and O–H groups in total. The van der Waals surface area contributed by atoms with E-state index in [0.717, 1.165) is 0 Å². The minimum Gasteiger partial charge on any atom is -0.288 e. The third-order valence-electron chi connectivity index (χ3n) is 2.01. The lowest BCUT2D eigenvalue weighted by Gasteiger charge is -2.28. The fraction of sp³-hybridized carbons (Fsp3) is 0.500. The standard InChI is InChI=1S/C8H14O4S2/c1-7(9)13(3)5-11-14(4,6-12-14)8(2)10/h3-6H2,1-2H3. The van der Waals surface area contributed by atoms with Crippen LogP contribution < -0.4 is 0 Å². The van der Waals surface area contributed by atoms with Gasteiger partial charge in [-0.25, -0.2) is 0 Å². The molecule has 0 saturated carbocycles. The predicted molar refractivity (Wildman–Crippen MR) is 62.7 cm³/mol. The van der Waals surface area contributed by atoms with Crippen molar-refractivity contribution >= 4 is 41.8 Å². The molecule has 0 aromatic carbocycles. The summed E-state index contributed by atoms with van der Waals surface area (Å²) in [6.07, 6.45) is 0. The monoisotopic (exact) mass is 238 g/mol. The van der Waals surface area contributed by atoms with Crippen LogP contribution in [0.4, 0.5) is 0 Å². The normalized spacial score (nSPS) is 26.9. The number of carbonyl (C=O) groups excluding carboxylic acids is 2. The lowest BCUT2D eigenvalue weighted by atomic mass is 10.9. The van der Waals surface area contributed by atoms with E-state index in [2.05, 4.69) is 11.7 Å². The largest absolute Gasteiger partial charge is 0.288 e. The van der Waals surface area contributed by atoms with Crippen LogP contribution in [-0.4, -0.2) is 33.8 Å². The van der Waals surface area contributed by atoms with Gasteiger partial charge in [0, 0.05) is 13.8 Å². The fourth-order valence-electron chi connectivity index (χ4n) is 0.648. The molecule has 1 heterocycles. The van der Waals surface area contributed by atoms with E-state index in [9.17, 15) is 9.59 Å². The van der Waals surface area contributed by atoms with E-state index in [1.807, 2.05) is 0 Å². The summed E-state index contributed by atoms with van der Waals surface area (Å²) in [5.41, 5.74) is 0. The van der Waals surface area contributed by atoms with E-state index in [-0.39, 0.29) is 22.1 Å². The Hall–Kier alpha value is -0.300. The molecule has 0 bridgehead atoms. The smallest absolute Gasteiger partial charge is 0.226 e. The Morgan fingerprint density at radius 2 is 2.07 bits per heavy atom. The van der Waals surface area contributed by atoms with Crippen LogP contribution in [0.3, 0.4) is 0 Å². The van der Waals surface area contributed by atoms with Crippen LogP contribution in [0.1, 0.15) is 13.8 Å². The van der Waals surface area contributed by atoms with Crippen molar-refractivity contribution in [2.45, 2.75) is 13.8 Å². The second-order valence-electron chi connectivity index (χ2n) is 3.15. The molecular weight excluding hydrogens is 224 g/mol. The maximum atomic E-state index is 11.3. The maximum absolute atomic E-state index is 11.3. The molecule has 0 amide bonds. The molecule has 1 atom stereocenters.